The Bertz CT molecular complexity index is 516. The molecule has 2 heterocycles. The fraction of sp³-hybridized carbons (Fsp3) is 0.273. The number of hydrogen-bond acceptors (Lipinski definition) is 5. The molecule has 0 bridgehead atoms. The minimum Gasteiger partial charge on any atom is -0.463 e. The zero-order valence-electron chi connectivity index (χ0n) is 9.64. The molecule has 0 aliphatic heterocycles. The van der Waals surface area contributed by atoms with Gasteiger partial charge in [0.25, 0.3) is 0 Å². The first kappa shape index (κ1) is 11.3. The fourth-order valence-corrected chi connectivity index (χ4v) is 1.44. The number of esters is 1. The first-order chi connectivity index (χ1) is 8.20. The monoisotopic (exact) mass is 235 g/mol. The number of nitrogens with one attached hydrogen (secondary N) is 1. The molecule has 0 spiro atoms. The molecule has 0 radical (unpaired) electrons. The van der Waals surface area contributed by atoms with Crippen LogP contribution in [0.5, 0.6) is 0 Å². The Balaban J connectivity index is 2.04. The summed E-state index contributed by atoms with van der Waals surface area (Å²) in [4.78, 5) is 11.3. The zero-order valence-corrected chi connectivity index (χ0v) is 9.64. The Morgan fingerprint density at radius 3 is 3.06 bits per heavy atom. The van der Waals surface area contributed by atoms with E-state index in [1.165, 1.54) is 13.4 Å². The van der Waals surface area contributed by atoms with E-state index in [0.29, 0.717) is 6.54 Å². The van der Waals surface area contributed by atoms with Gasteiger partial charge in [-0.2, -0.15) is 5.10 Å². The van der Waals surface area contributed by atoms with Crippen molar-refractivity contribution in [1.82, 2.24) is 9.78 Å². The summed E-state index contributed by atoms with van der Waals surface area (Å²) in [7, 11) is 3.16. The van der Waals surface area contributed by atoms with Crippen LogP contribution in [0.15, 0.2) is 29.0 Å². The molecule has 0 saturated heterocycles. The Kier molecular flexibility index (Phi) is 3.13. The van der Waals surface area contributed by atoms with E-state index in [9.17, 15) is 4.79 Å². The number of hydrogen-bond donors (Lipinski definition) is 1. The number of rotatable bonds is 4. The number of ether oxygens (including phenoxy) is 1. The normalized spacial score (nSPS) is 10.2. The molecule has 0 amide bonds. The smallest absolute Gasteiger partial charge is 0.374 e. The minimum absolute atomic E-state index is 0.218. The summed E-state index contributed by atoms with van der Waals surface area (Å²) in [6.07, 6.45) is 3.29. The van der Waals surface area contributed by atoms with E-state index in [0.717, 1.165) is 11.4 Å². The van der Waals surface area contributed by atoms with Gasteiger partial charge in [-0.1, -0.05) is 0 Å². The zero-order chi connectivity index (χ0) is 12.3. The van der Waals surface area contributed by atoms with Crippen LogP contribution in [0.25, 0.3) is 0 Å². The first-order valence-electron chi connectivity index (χ1n) is 5.09. The summed E-state index contributed by atoms with van der Waals surface area (Å²) in [5.74, 6) is 0.480. The number of carbonyl (C=O) groups is 1. The topological polar surface area (TPSA) is 69.3 Å². The maximum absolute atomic E-state index is 11.3. The molecule has 6 nitrogen and oxygen atoms in total. The van der Waals surface area contributed by atoms with Gasteiger partial charge in [0.15, 0.2) is 0 Å². The van der Waals surface area contributed by atoms with Gasteiger partial charge in [0.1, 0.15) is 5.82 Å². The van der Waals surface area contributed by atoms with Gasteiger partial charge in [0.05, 0.1) is 13.4 Å². The number of aryl methyl sites for hydroxylation is 1. The number of carbonyl (C=O) groups excluding carboxylic acids is 1. The van der Waals surface area contributed by atoms with E-state index in [2.05, 4.69) is 15.2 Å². The Labute approximate surface area is 98.2 Å². The molecule has 0 unspecified atom stereocenters. The molecule has 0 aliphatic rings. The summed E-state index contributed by atoms with van der Waals surface area (Å²) in [5.41, 5.74) is 0.738. The van der Waals surface area contributed by atoms with Crippen LogP contribution in [0.2, 0.25) is 0 Å². The van der Waals surface area contributed by atoms with E-state index in [1.807, 2.05) is 19.3 Å². The van der Waals surface area contributed by atoms with E-state index in [-0.39, 0.29) is 5.76 Å². The van der Waals surface area contributed by atoms with Crippen LogP contribution in [-0.4, -0.2) is 22.9 Å². The first-order valence-corrected chi connectivity index (χ1v) is 5.09. The lowest BCUT2D eigenvalue weighted by Crippen LogP contribution is -2.07. The third kappa shape index (κ3) is 2.47. The maximum Gasteiger partial charge on any atom is 0.374 e. The average Bonchev–Trinajstić information content (AvgIpc) is 2.94. The molecule has 17 heavy (non-hydrogen) atoms. The highest BCUT2D eigenvalue weighted by molar-refractivity contribution is 5.87. The van der Waals surface area contributed by atoms with E-state index in [4.69, 9.17) is 4.42 Å². The summed E-state index contributed by atoms with van der Waals surface area (Å²) >= 11 is 0. The van der Waals surface area contributed by atoms with Crippen molar-refractivity contribution in [2.75, 3.05) is 12.4 Å². The van der Waals surface area contributed by atoms with Gasteiger partial charge in [0.2, 0.25) is 5.76 Å². The molecule has 2 aromatic heterocycles. The number of methoxy groups -OCH3 is 1. The predicted molar refractivity (Wildman–Crippen MR) is 60.6 cm³/mol. The predicted octanol–water partition coefficient (Wildman–Crippen LogP) is 1.41. The second kappa shape index (κ2) is 4.73. The molecule has 0 aliphatic carbocycles. The Hall–Kier alpha value is -2.24. The van der Waals surface area contributed by atoms with Crippen LogP contribution in [0.4, 0.5) is 5.82 Å². The van der Waals surface area contributed by atoms with Crippen molar-refractivity contribution in [2.45, 2.75) is 6.54 Å². The van der Waals surface area contributed by atoms with Crippen LogP contribution < -0.4 is 5.32 Å². The summed E-state index contributed by atoms with van der Waals surface area (Å²) in [6, 6.07) is 3.57. The van der Waals surface area contributed by atoms with Gasteiger partial charge in [0, 0.05) is 31.4 Å². The van der Waals surface area contributed by atoms with E-state index >= 15 is 0 Å². The van der Waals surface area contributed by atoms with Gasteiger partial charge >= 0.3 is 5.97 Å². The molecule has 90 valence electrons. The third-order valence-corrected chi connectivity index (χ3v) is 2.29. The molecule has 1 N–H and O–H groups in total. The average molecular weight is 235 g/mol. The van der Waals surface area contributed by atoms with Crippen molar-refractivity contribution >= 4 is 11.8 Å². The SMILES string of the molecule is COC(=O)c1occc1CNc1ccn(C)n1. The molecule has 2 rings (SSSR count). The van der Waals surface area contributed by atoms with Crippen molar-refractivity contribution in [3.05, 3.63) is 35.9 Å². The van der Waals surface area contributed by atoms with Crippen molar-refractivity contribution < 1.29 is 13.9 Å². The highest BCUT2D eigenvalue weighted by Gasteiger charge is 2.15. The highest BCUT2D eigenvalue weighted by atomic mass is 16.5. The molecular weight excluding hydrogens is 222 g/mol. The van der Waals surface area contributed by atoms with Crippen LogP contribution in [-0.2, 0) is 18.3 Å². The lowest BCUT2D eigenvalue weighted by atomic mass is 10.2. The number of aromatic nitrogens is 2. The van der Waals surface area contributed by atoms with Crippen molar-refractivity contribution in [1.29, 1.82) is 0 Å². The maximum atomic E-state index is 11.3. The van der Waals surface area contributed by atoms with Gasteiger partial charge in [-0.25, -0.2) is 4.79 Å². The van der Waals surface area contributed by atoms with Gasteiger partial charge < -0.3 is 14.5 Å². The van der Waals surface area contributed by atoms with Gasteiger partial charge in [-0.15, -0.1) is 0 Å². The lowest BCUT2D eigenvalue weighted by molar-refractivity contribution is 0.0563. The summed E-state index contributed by atoms with van der Waals surface area (Å²) in [6.45, 7) is 0.456. The van der Waals surface area contributed by atoms with Crippen LogP contribution in [0.1, 0.15) is 16.1 Å². The minimum atomic E-state index is -0.479. The standard InChI is InChI=1S/C11H13N3O3/c1-14-5-3-9(13-14)12-7-8-4-6-17-10(8)11(15)16-2/h3-6H,7H2,1-2H3,(H,12,13). The summed E-state index contributed by atoms with van der Waals surface area (Å²) < 4.78 is 11.4. The van der Waals surface area contributed by atoms with E-state index < -0.39 is 5.97 Å². The quantitative estimate of drug-likeness (QED) is 0.811. The molecule has 6 heteroatoms. The second-order valence-corrected chi connectivity index (χ2v) is 3.49. The largest absolute Gasteiger partial charge is 0.463 e. The number of nitrogens with zero attached hydrogens (tertiary/aromatic N) is 2. The number of furan rings is 1. The summed E-state index contributed by atoms with van der Waals surface area (Å²) in [5, 5.41) is 7.25. The van der Waals surface area contributed by atoms with Crippen LogP contribution >= 0.6 is 0 Å². The Morgan fingerprint density at radius 1 is 1.59 bits per heavy atom. The molecular formula is C11H13N3O3. The fourth-order valence-electron chi connectivity index (χ4n) is 1.44. The van der Waals surface area contributed by atoms with Gasteiger partial charge in [-0.05, 0) is 6.07 Å². The lowest BCUT2D eigenvalue weighted by Gasteiger charge is -2.02. The third-order valence-electron chi connectivity index (χ3n) is 2.29. The number of anilines is 1. The van der Waals surface area contributed by atoms with Crippen LogP contribution in [0, 0.1) is 0 Å². The van der Waals surface area contributed by atoms with Crippen LogP contribution in [0.3, 0.4) is 0 Å². The van der Waals surface area contributed by atoms with E-state index in [1.54, 1.807) is 10.7 Å². The molecule has 0 atom stereocenters. The molecule has 0 saturated carbocycles. The van der Waals surface area contributed by atoms with Crippen molar-refractivity contribution in [2.24, 2.45) is 7.05 Å². The van der Waals surface area contributed by atoms with Gasteiger partial charge in [-0.3, -0.25) is 4.68 Å². The molecule has 0 fully saturated rings. The highest BCUT2D eigenvalue weighted by Crippen LogP contribution is 2.13. The second-order valence-electron chi connectivity index (χ2n) is 3.49. The van der Waals surface area contributed by atoms with Crippen molar-refractivity contribution in [3.63, 3.8) is 0 Å². The molecule has 2 aromatic rings. The molecule has 0 aromatic carbocycles. The Morgan fingerprint density at radius 2 is 2.41 bits per heavy atom. The van der Waals surface area contributed by atoms with Crippen molar-refractivity contribution in [3.8, 4) is 0 Å².